The molecule has 9 heteroatoms. The first-order valence-corrected chi connectivity index (χ1v) is 7.46. The van der Waals surface area contributed by atoms with Crippen molar-refractivity contribution in [3.63, 3.8) is 0 Å². The lowest BCUT2D eigenvalue weighted by Gasteiger charge is -2.07. The first-order valence-electron chi connectivity index (χ1n) is 7.46. The summed E-state index contributed by atoms with van der Waals surface area (Å²) in [5.74, 6) is -0.634. The Morgan fingerprint density at radius 3 is 2.83 bits per heavy atom. The molecule has 0 fully saturated rings. The van der Waals surface area contributed by atoms with E-state index in [0.717, 1.165) is 24.2 Å². The molecule has 0 aliphatic heterocycles. The maximum absolute atomic E-state index is 11.6. The van der Waals surface area contributed by atoms with Crippen LogP contribution >= 0.6 is 0 Å². The van der Waals surface area contributed by atoms with Crippen molar-refractivity contribution in [3.05, 3.63) is 45.4 Å². The maximum Gasteiger partial charge on any atom is 0.356 e. The second-order valence-electron chi connectivity index (χ2n) is 5.17. The van der Waals surface area contributed by atoms with Crippen LogP contribution < -0.4 is 5.32 Å². The molecule has 0 unspecified atom stereocenters. The number of nitrogens with zero attached hydrogens (tertiary/aromatic N) is 4. The van der Waals surface area contributed by atoms with Crippen molar-refractivity contribution in [3.8, 4) is 0 Å². The quantitative estimate of drug-likeness (QED) is 0.470. The molecule has 2 rings (SSSR count). The molecule has 2 aromatic rings. The zero-order valence-corrected chi connectivity index (χ0v) is 13.8. The van der Waals surface area contributed by atoms with E-state index in [4.69, 9.17) is 0 Å². The van der Waals surface area contributed by atoms with Crippen molar-refractivity contribution in [1.29, 1.82) is 0 Å². The number of nitrogens with one attached hydrogen (secondary N) is 1. The number of aromatic nitrogens is 3. The van der Waals surface area contributed by atoms with Crippen molar-refractivity contribution in [2.24, 2.45) is 0 Å². The Morgan fingerprint density at radius 1 is 1.46 bits per heavy atom. The van der Waals surface area contributed by atoms with E-state index in [-0.39, 0.29) is 17.2 Å². The van der Waals surface area contributed by atoms with E-state index in [1.165, 1.54) is 19.2 Å². The summed E-state index contributed by atoms with van der Waals surface area (Å²) in [6, 6.07) is 2.49. The van der Waals surface area contributed by atoms with Gasteiger partial charge in [0, 0.05) is 30.9 Å². The van der Waals surface area contributed by atoms with E-state index in [9.17, 15) is 14.9 Å². The number of methoxy groups -OCH3 is 1. The molecule has 0 aliphatic rings. The maximum atomic E-state index is 11.6. The molecule has 128 valence electrons. The second kappa shape index (κ2) is 7.53. The lowest BCUT2D eigenvalue weighted by atomic mass is 10.2. The molecule has 0 aliphatic carbocycles. The first-order chi connectivity index (χ1) is 11.5. The summed E-state index contributed by atoms with van der Waals surface area (Å²) < 4.78 is 6.42. The van der Waals surface area contributed by atoms with E-state index < -0.39 is 10.9 Å². The zero-order valence-electron chi connectivity index (χ0n) is 13.8. The van der Waals surface area contributed by atoms with Gasteiger partial charge in [0.25, 0.3) is 0 Å². The Balaban J connectivity index is 2.24. The first kappa shape index (κ1) is 17.4. The van der Waals surface area contributed by atoms with E-state index in [0.29, 0.717) is 6.54 Å². The summed E-state index contributed by atoms with van der Waals surface area (Å²) in [5.41, 5.74) is 1.54. The highest BCUT2D eigenvalue weighted by Gasteiger charge is 2.19. The van der Waals surface area contributed by atoms with Gasteiger partial charge in [-0.2, -0.15) is 5.10 Å². The lowest BCUT2D eigenvalue weighted by molar-refractivity contribution is -0.384. The van der Waals surface area contributed by atoms with Crippen LogP contribution in [0.1, 0.15) is 35.1 Å². The summed E-state index contributed by atoms with van der Waals surface area (Å²) in [5, 5.41) is 18.4. The fraction of sp³-hybridized carbons (Fsp3) is 0.400. The molecular formula is C15H19N5O4. The lowest BCUT2D eigenvalue weighted by Crippen LogP contribution is -2.10. The van der Waals surface area contributed by atoms with E-state index >= 15 is 0 Å². The van der Waals surface area contributed by atoms with Crippen LogP contribution in [0, 0.1) is 17.0 Å². The number of carbonyl (C=O) groups excluding carboxylic acids is 1. The SMILES string of the molecule is CCCn1cc(CNc2nc(C(=O)OC)ccc2[N+](=O)[O-])c(C)n1. The number of hydrogen-bond donors (Lipinski definition) is 1. The fourth-order valence-corrected chi connectivity index (χ4v) is 2.20. The monoisotopic (exact) mass is 333 g/mol. The number of aryl methyl sites for hydroxylation is 2. The average Bonchev–Trinajstić information content (AvgIpc) is 2.91. The summed E-state index contributed by atoms with van der Waals surface area (Å²) in [4.78, 5) is 26.1. The van der Waals surface area contributed by atoms with Crippen molar-refractivity contribution in [2.75, 3.05) is 12.4 Å². The van der Waals surface area contributed by atoms with E-state index in [1.54, 1.807) is 0 Å². The Hall–Kier alpha value is -2.97. The van der Waals surface area contributed by atoms with Crippen LogP contribution in [0.3, 0.4) is 0 Å². The van der Waals surface area contributed by atoms with Gasteiger partial charge >= 0.3 is 11.7 Å². The molecule has 0 saturated carbocycles. The second-order valence-corrected chi connectivity index (χ2v) is 5.17. The molecule has 2 aromatic heterocycles. The minimum atomic E-state index is -0.653. The molecule has 0 aromatic carbocycles. The molecule has 0 saturated heterocycles. The number of carbonyl (C=O) groups is 1. The van der Waals surface area contributed by atoms with Gasteiger partial charge in [-0.25, -0.2) is 9.78 Å². The average molecular weight is 333 g/mol. The molecule has 0 radical (unpaired) electrons. The Bertz CT molecular complexity index is 756. The molecule has 9 nitrogen and oxygen atoms in total. The fourth-order valence-electron chi connectivity index (χ4n) is 2.20. The standard InChI is InChI=1S/C15H19N5O4/c1-4-7-19-9-11(10(2)18-19)8-16-14-13(20(22)23)6-5-12(17-14)15(21)24-3/h5-6,9H,4,7-8H2,1-3H3,(H,16,17). The van der Waals surface area contributed by atoms with Gasteiger partial charge in [0.1, 0.15) is 0 Å². The Labute approximate surface area is 138 Å². The van der Waals surface area contributed by atoms with Crippen LogP contribution in [0.15, 0.2) is 18.3 Å². The van der Waals surface area contributed by atoms with Gasteiger partial charge in [0.2, 0.25) is 5.82 Å². The summed E-state index contributed by atoms with van der Waals surface area (Å²) >= 11 is 0. The topological polar surface area (TPSA) is 112 Å². The summed E-state index contributed by atoms with van der Waals surface area (Å²) in [7, 11) is 1.23. The molecule has 24 heavy (non-hydrogen) atoms. The molecule has 0 atom stereocenters. The summed E-state index contributed by atoms with van der Waals surface area (Å²) in [6.45, 7) is 5.04. The molecule has 0 amide bonds. The van der Waals surface area contributed by atoms with Crippen LogP contribution in [-0.4, -0.2) is 32.8 Å². The van der Waals surface area contributed by atoms with Gasteiger partial charge in [0.15, 0.2) is 5.69 Å². The van der Waals surface area contributed by atoms with Crippen molar-refractivity contribution in [1.82, 2.24) is 14.8 Å². The van der Waals surface area contributed by atoms with Gasteiger partial charge in [-0.15, -0.1) is 0 Å². The number of rotatable bonds is 7. The number of esters is 1. The Morgan fingerprint density at radius 2 is 2.21 bits per heavy atom. The van der Waals surface area contributed by atoms with Gasteiger partial charge in [0.05, 0.1) is 17.7 Å². The third-order valence-corrected chi connectivity index (χ3v) is 3.41. The van der Waals surface area contributed by atoms with Crippen molar-refractivity contribution < 1.29 is 14.5 Å². The van der Waals surface area contributed by atoms with Crippen molar-refractivity contribution in [2.45, 2.75) is 33.4 Å². The normalized spacial score (nSPS) is 10.5. The van der Waals surface area contributed by atoms with Crippen LogP contribution in [0.2, 0.25) is 0 Å². The molecule has 2 heterocycles. The predicted molar refractivity (Wildman–Crippen MR) is 86.8 cm³/mol. The highest BCUT2D eigenvalue weighted by atomic mass is 16.6. The number of pyridine rings is 1. The molecular weight excluding hydrogens is 314 g/mol. The van der Waals surface area contributed by atoms with Crippen LogP contribution in [-0.2, 0) is 17.8 Å². The predicted octanol–water partition coefficient (Wildman–Crippen LogP) is 2.30. The highest BCUT2D eigenvalue weighted by molar-refractivity contribution is 5.88. The van der Waals surface area contributed by atoms with E-state index in [2.05, 4.69) is 27.1 Å². The third-order valence-electron chi connectivity index (χ3n) is 3.41. The molecule has 1 N–H and O–H groups in total. The minimum Gasteiger partial charge on any atom is -0.464 e. The number of hydrogen-bond acceptors (Lipinski definition) is 7. The summed E-state index contributed by atoms with van der Waals surface area (Å²) in [6.07, 6.45) is 2.85. The van der Waals surface area contributed by atoms with Gasteiger partial charge in [-0.3, -0.25) is 14.8 Å². The van der Waals surface area contributed by atoms with Crippen molar-refractivity contribution >= 4 is 17.5 Å². The highest BCUT2D eigenvalue weighted by Crippen LogP contribution is 2.23. The van der Waals surface area contributed by atoms with Gasteiger partial charge < -0.3 is 10.1 Å². The van der Waals surface area contributed by atoms with Crippen LogP contribution in [0.5, 0.6) is 0 Å². The van der Waals surface area contributed by atoms with Crippen LogP contribution in [0.25, 0.3) is 0 Å². The van der Waals surface area contributed by atoms with Gasteiger partial charge in [-0.1, -0.05) is 6.92 Å². The van der Waals surface area contributed by atoms with Crippen LogP contribution in [0.4, 0.5) is 11.5 Å². The largest absolute Gasteiger partial charge is 0.464 e. The zero-order chi connectivity index (χ0) is 17.7. The number of anilines is 1. The minimum absolute atomic E-state index is 0.00370. The smallest absolute Gasteiger partial charge is 0.356 e. The third kappa shape index (κ3) is 3.86. The molecule has 0 bridgehead atoms. The van der Waals surface area contributed by atoms with Gasteiger partial charge in [-0.05, 0) is 19.4 Å². The number of nitro groups is 1. The van der Waals surface area contributed by atoms with E-state index in [1.807, 2.05) is 17.8 Å². The Kier molecular flexibility index (Phi) is 5.46. The molecule has 0 spiro atoms. The number of ether oxygens (including phenoxy) is 1.